The summed E-state index contributed by atoms with van der Waals surface area (Å²) in [6.07, 6.45) is -0.0130. The predicted octanol–water partition coefficient (Wildman–Crippen LogP) is 2.32. The number of benzene rings is 1. The molecule has 0 aliphatic rings. The summed E-state index contributed by atoms with van der Waals surface area (Å²) in [7, 11) is 0. The topological polar surface area (TPSA) is 115 Å². The fourth-order valence-electron chi connectivity index (χ4n) is 2.77. The number of carboxylic acids is 1. The maximum absolute atomic E-state index is 13.0. The van der Waals surface area contributed by atoms with Crippen LogP contribution in [-0.4, -0.2) is 26.5 Å². The molecule has 2 heterocycles. The van der Waals surface area contributed by atoms with Crippen molar-refractivity contribution in [3.63, 3.8) is 0 Å². The van der Waals surface area contributed by atoms with Gasteiger partial charge < -0.3 is 10.8 Å². The van der Waals surface area contributed by atoms with Gasteiger partial charge in [-0.15, -0.1) is 11.3 Å². The number of hydrogen-bond donors (Lipinski definition) is 2. The molecule has 0 fully saturated rings. The van der Waals surface area contributed by atoms with Gasteiger partial charge in [0.2, 0.25) is 5.91 Å². The quantitative estimate of drug-likeness (QED) is 0.714. The van der Waals surface area contributed by atoms with Gasteiger partial charge >= 0.3 is 5.97 Å². The fraction of sp³-hybridized carbons (Fsp3) is 0.222. The van der Waals surface area contributed by atoms with E-state index < -0.39 is 11.9 Å². The highest BCUT2D eigenvalue weighted by Crippen LogP contribution is 2.29. The maximum atomic E-state index is 13.0. The first-order valence-electron chi connectivity index (χ1n) is 7.92. The van der Waals surface area contributed by atoms with E-state index in [9.17, 15) is 19.5 Å². The molecule has 0 spiro atoms. The fourth-order valence-corrected chi connectivity index (χ4v) is 3.78. The van der Waals surface area contributed by atoms with Gasteiger partial charge in [0.1, 0.15) is 15.5 Å². The molecular weight excluding hydrogens is 354 g/mol. The average molecular weight is 371 g/mol. The number of thiophene rings is 1. The highest BCUT2D eigenvalue weighted by molar-refractivity contribution is 7.20. The summed E-state index contributed by atoms with van der Waals surface area (Å²) in [4.78, 5) is 40.7. The zero-order valence-corrected chi connectivity index (χ0v) is 15.1. The standard InChI is InChI=1S/C18H17N3O4S/c1-9-3-5-11(6-4-9)15-20-16-13(10(2)14(26-16)18(24)25)17(23)21(15)8-7-12(19)22/h3-6H,7-8H2,1-2H3,(H2,19,22)(H,24,25). The van der Waals surface area contributed by atoms with Gasteiger partial charge in [-0.05, 0) is 19.4 Å². The highest BCUT2D eigenvalue weighted by atomic mass is 32.1. The lowest BCUT2D eigenvalue weighted by Gasteiger charge is -2.12. The van der Waals surface area contributed by atoms with Crippen LogP contribution in [0.1, 0.15) is 27.2 Å². The Hall–Kier alpha value is -3.00. The van der Waals surface area contributed by atoms with E-state index in [2.05, 4.69) is 4.98 Å². The predicted molar refractivity (Wildman–Crippen MR) is 99.6 cm³/mol. The number of carboxylic acid groups (broad SMARTS) is 1. The summed E-state index contributed by atoms with van der Waals surface area (Å²) < 4.78 is 1.39. The minimum absolute atomic E-state index is 0.0130. The normalized spacial score (nSPS) is 11.0. The van der Waals surface area contributed by atoms with Gasteiger partial charge in [-0.2, -0.15) is 0 Å². The lowest BCUT2D eigenvalue weighted by Crippen LogP contribution is -2.26. The van der Waals surface area contributed by atoms with E-state index in [-0.39, 0.29) is 28.8 Å². The molecule has 134 valence electrons. The van der Waals surface area contributed by atoms with Crippen molar-refractivity contribution in [3.8, 4) is 11.4 Å². The van der Waals surface area contributed by atoms with Crippen LogP contribution in [0.15, 0.2) is 29.1 Å². The van der Waals surface area contributed by atoms with E-state index in [0.29, 0.717) is 21.8 Å². The molecule has 0 aliphatic carbocycles. The number of primary amides is 1. The van der Waals surface area contributed by atoms with Crippen LogP contribution in [0, 0.1) is 13.8 Å². The number of aromatic nitrogens is 2. The van der Waals surface area contributed by atoms with Crippen molar-refractivity contribution in [2.75, 3.05) is 0 Å². The Kier molecular flexibility index (Phi) is 4.60. The monoisotopic (exact) mass is 371 g/mol. The second kappa shape index (κ2) is 6.72. The molecule has 0 saturated carbocycles. The summed E-state index contributed by atoms with van der Waals surface area (Å²) in [6, 6.07) is 7.46. The molecular formula is C18H17N3O4S. The largest absolute Gasteiger partial charge is 0.477 e. The van der Waals surface area contributed by atoms with Crippen LogP contribution in [-0.2, 0) is 11.3 Å². The van der Waals surface area contributed by atoms with Gasteiger partial charge in [0.05, 0.1) is 5.39 Å². The summed E-state index contributed by atoms with van der Waals surface area (Å²) in [6.45, 7) is 3.62. The first-order chi connectivity index (χ1) is 12.3. The van der Waals surface area contributed by atoms with E-state index in [4.69, 9.17) is 5.73 Å². The van der Waals surface area contributed by atoms with Gasteiger partial charge in [0.15, 0.2) is 0 Å². The highest BCUT2D eigenvalue weighted by Gasteiger charge is 2.21. The Morgan fingerprint density at radius 1 is 1.23 bits per heavy atom. The number of nitrogens with zero attached hydrogens (tertiary/aromatic N) is 2. The number of amides is 1. The van der Waals surface area contributed by atoms with Crippen molar-refractivity contribution in [1.29, 1.82) is 0 Å². The number of fused-ring (bicyclic) bond motifs is 1. The smallest absolute Gasteiger partial charge is 0.346 e. The Balaban J connectivity index is 2.32. The molecule has 2 aromatic heterocycles. The van der Waals surface area contributed by atoms with Crippen molar-refractivity contribution >= 4 is 33.4 Å². The van der Waals surface area contributed by atoms with Crippen molar-refractivity contribution in [2.45, 2.75) is 26.8 Å². The van der Waals surface area contributed by atoms with Crippen molar-refractivity contribution in [3.05, 3.63) is 50.6 Å². The van der Waals surface area contributed by atoms with Gasteiger partial charge in [0.25, 0.3) is 5.56 Å². The summed E-state index contributed by atoms with van der Waals surface area (Å²) in [5.74, 6) is -1.23. The number of aromatic carboxylic acids is 1. The Morgan fingerprint density at radius 2 is 1.88 bits per heavy atom. The second-order valence-electron chi connectivity index (χ2n) is 6.02. The number of nitrogens with two attached hydrogens (primary N) is 1. The molecule has 0 radical (unpaired) electrons. The minimum Gasteiger partial charge on any atom is -0.477 e. The van der Waals surface area contributed by atoms with E-state index in [0.717, 1.165) is 16.9 Å². The number of carbonyl (C=O) groups excluding carboxylic acids is 1. The van der Waals surface area contributed by atoms with E-state index in [1.54, 1.807) is 6.92 Å². The molecule has 7 nitrogen and oxygen atoms in total. The SMILES string of the molecule is Cc1ccc(-c2nc3sc(C(=O)O)c(C)c3c(=O)n2CCC(N)=O)cc1. The number of rotatable bonds is 5. The third-order valence-electron chi connectivity index (χ3n) is 4.14. The second-order valence-corrected chi connectivity index (χ2v) is 7.02. The Bertz CT molecular complexity index is 1080. The van der Waals surface area contributed by atoms with Crippen LogP contribution in [0.4, 0.5) is 0 Å². The van der Waals surface area contributed by atoms with Gasteiger partial charge in [-0.3, -0.25) is 14.2 Å². The summed E-state index contributed by atoms with van der Waals surface area (Å²) in [5.41, 5.74) is 7.02. The van der Waals surface area contributed by atoms with E-state index in [1.165, 1.54) is 4.57 Å². The molecule has 3 N–H and O–H groups in total. The van der Waals surface area contributed by atoms with Gasteiger partial charge in [-0.1, -0.05) is 29.8 Å². The number of carbonyl (C=O) groups is 2. The number of hydrogen-bond acceptors (Lipinski definition) is 5. The third-order valence-corrected chi connectivity index (χ3v) is 5.31. The molecule has 3 aromatic rings. The molecule has 1 amide bonds. The minimum atomic E-state index is -1.09. The van der Waals surface area contributed by atoms with Crippen LogP contribution in [0.25, 0.3) is 21.6 Å². The average Bonchev–Trinajstić information content (AvgIpc) is 2.91. The molecule has 26 heavy (non-hydrogen) atoms. The zero-order valence-electron chi connectivity index (χ0n) is 14.3. The lowest BCUT2D eigenvalue weighted by atomic mass is 10.1. The molecule has 3 rings (SSSR count). The third kappa shape index (κ3) is 3.11. The van der Waals surface area contributed by atoms with Crippen LogP contribution in [0.3, 0.4) is 0 Å². The lowest BCUT2D eigenvalue weighted by molar-refractivity contribution is -0.118. The zero-order chi connectivity index (χ0) is 19.0. The van der Waals surface area contributed by atoms with Crippen molar-refractivity contribution < 1.29 is 14.7 Å². The number of aryl methyl sites for hydroxylation is 2. The summed E-state index contributed by atoms with van der Waals surface area (Å²) >= 11 is 0.976. The Labute approximate surface area is 152 Å². The van der Waals surface area contributed by atoms with E-state index >= 15 is 0 Å². The molecule has 0 atom stereocenters. The Morgan fingerprint density at radius 3 is 2.46 bits per heavy atom. The maximum Gasteiger partial charge on any atom is 0.346 e. The van der Waals surface area contributed by atoms with Crippen molar-refractivity contribution in [1.82, 2.24) is 9.55 Å². The molecule has 0 saturated heterocycles. The molecule has 0 unspecified atom stereocenters. The molecule has 0 aliphatic heterocycles. The van der Waals surface area contributed by atoms with Gasteiger partial charge in [0, 0.05) is 18.5 Å². The van der Waals surface area contributed by atoms with E-state index in [1.807, 2.05) is 31.2 Å². The molecule has 8 heteroatoms. The molecule has 1 aromatic carbocycles. The van der Waals surface area contributed by atoms with Gasteiger partial charge in [-0.25, -0.2) is 9.78 Å². The van der Waals surface area contributed by atoms with Crippen LogP contribution < -0.4 is 11.3 Å². The van der Waals surface area contributed by atoms with Crippen molar-refractivity contribution in [2.24, 2.45) is 5.73 Å². The van der Waals surface area contributed by atoms with Crippen LogP contribution in [0.5, 0.6) is 0 Å². The molecule has 0 bridgehead atoms. The first kappa shape index (κ1) is 17.8. The first-order valence-corrected chi connectivity index (χ1v) is 8.73. The summed E-state index contributed by atoms with van der Waals surface area (Å²) in [5, 5.41) is 9.60. The van der Waals surface area contributed by atoms with Crippen LogP contribution >= 0.6 is 11.3 Å². The van der Waals surface area contributed by atoms with Crippen LogP contribution in [0.2, 0.25) is 0 Å².